The molecule has 1 atom stereocenters. The summed E-state index contributed by atoms with van der Waals surface area (Å²) in [5, 5.41) is 12.5. The maximum atomic E-state index is 10.6. The average molecular weight is 228 g/mol. The van der Waals surface area contributed by atoms with Crippen LogP contribution >= 0.6 is 0 Å². The number of aliphatic hydroxyl groups is 1. The number of nitrogens with one attached hydrogen (secondary N) is 1. The number of carbonyl (C=O) groups excluding carboxylic acids is 1. The molecule has 0 aromatic carbocycles. The molecule has 4 N–H and O–H groups in total. The number of amides is 1. The van der Waals surface area contributed by atoms with Crippen molar-refractivity contribution >= 4 is 5.91 Å². The molecule has 1 aliphatic rings. The van der Waals surface area contributed by atoms with Gasteiger partial charge in [-0.2, -0.15) is 0 Å². The van der Waals surface area contributed by atoms with Crippen molar-refractivity contribution in [2.75, 3.05) is 6.54 Å². The molecule has 4 nitrogen and oxygen atoms in total. The fourth-order valence-corrected chi connectivity index (χ4v) is 2.44. The summed E-state index contributed by atoms with van der Waals surface area (Å²) in [6.45, 7) is 2.52. The van der Waals surface area contributed by atoms with Gasteiger partial charge in [0.2, 0.25) is 5.91 Å². The summed E-state index contributed by atoms with van der Waals surface area (Å²) in [5.74, 6) is 0.233. The number of aliphatic hydroxyl groups excluding tert-OH is 1. The van der Waals surface area contributed by atoms with Gasteiger partial charge in [-0.1, -0.05) is 19.8 Å². The number of hydrogen-bond acceptors (Lipinski definition) is 3. The maximum absolute atomic E-state index is 10.6. The van der Waals surface area contributed by atoms with Crippen LogP contribution in [0.2, 0.25) is 0 Å². The first kappa shape index (κ1) is 13.5. The summed E-state index contributed by atoms with van der Waals surface area (Å²) >= 11 is 0. The third-order valence-corrected chi connectivity index (χ3v) is 3.47. The molecule has 1 fully saturated rings. The van der Waals surface area contributed by atoms with Crippen LogP contribution in [0.15, 0.2) is 0 Å². The Labute approximate surface area is 97.6 Å². The van der Waals surface area contributed by atoms with E-state index in [0.29, 0.717) is 12.6 Å². The van der Waals surface area contributed by atoms with Crippen molar-refractivity contribution in [3.05, 3.63) is 0 Å². The molecule has 1 rings (SSSR count). The molecule has 1 aliphatic carbocycles. The quantitative estimate of drug-likeness (QED) is 0.629. The molecular weight excluding hydrogens is 204 g/mol. The lowest BCUT2D eigenvalue weighted by Crippen LogP contribution is -2.43. The Morgan fingerprint density at radius 1 is 1.44 bits per heavy atom. The Morgan fingerprint density at radius 3 is 2.56 bits per heavy atom. The zero-order valence-electron chi connectivity index (χ0n) is 10.1. The van der Waals surface area contributed by atoms with E-state index in [9.17, 15) is 9.90 Å². The van der Waals surface area contributed by atoms with Crippen LogP contribution < -0.4 is 11.1 Å². The Hall–Kier alpha value is -0.610. The molecule has 0 saturated heterocycles. The lowest BCUT2D eigenvalue weighted by Gasteiger charge is -2.29. The highest BCUT2D eigenvalue weighted by atomic mass is 16.3. The highest BCUT2D eigenvalue weighted by Gasteiger charge is 2.21. The topological polar surface area (TPSA) is 75.3 Å². The molecule has 0 heterocycles. The first-order valence-corrected chi connectivity index (χ1v) is 6.34. The van der Waals surface area contributed by atoms with E-state index in [-0.39, 0.29) is 0 Å². The van der Waals surface area contributed by atoms with E-state index in [2.05, 4.69) is 12.2 Å². The van der Waals surface area contributed by atoms with Crippen LogP contribution in [0, 0.1) is 5.92 Å². The highest BCUT2D eigenvalue weighted by Crippen LogP contribution is 2.27. The van der Waals surface area contributed by atoms with Gasteiger partial charge in [0.15, 0.2) is 0 Å². The predicted octanol–water partition coefficient (Wildman–Crippen LogP) is 0.781. The van der Waals surface area contributed by atoms with Crippen LogP contribution in [0.25, 0.3) is 0 Å². The highest BCUT2D eigenvalue weighted by molar-refractivity contribution is 5.78. The summed E-state index contributed by atoms with van der Waals surface area (Å²) in [6.07, 6.45) is 6.37. The molecule has 1 unspecified atom stereocenters. The molecule has 0 aromatic heterocycles. The lowest BCUT2D eigenvalue weighted by molar-refractivity contribution is -0.125. The molecule has 94 valence electrons. The summed E-state index contributed by atoms with van der Waals surface area (Å²) in [4.78, 5) is 10.6. The van der Waals surface area contributed by atoms with E-state index in [1.54, 1.807) is 0 Å². The molecular formula is C12H24N2O2. The maximum Gasteiger partial charge on any atom is 0.247 e. The fourth-order valence-electron chi connectivity index (χ4n) is 2.44. The normalized spacial score (nSPS) is 27.6. The molecule has 0 aromatic rings. The zero-order chi connectivity index (χ0) is 12.0. The third-order valence-electron chi connectivity index (χ3n) is 3.47. The van der Waals surface area contributed by atoms with E-state index in [1.165, 1.54) is 25.7 Å². The van der Waals surface area contributed by atoms with Crippen molar-refractivity contribution < 1.29 is 9.90 Å². The second-order valence-electron chi connectivity index (χ2n) is 4.83. The molecule has 0 aliphatic heterocycles. The Balaban J connectivity index is 2.14. The predicted molar refractivity (Wildman–Crippen MR) is 63.9 cm³/mol. The van der Waals surface area contributed by atoms with Gasteiger partial charge in [-0.05, 0) is 31.6 Å². The smallest absolute Gasteiger partial charge is 0.247 e. The number of rotatable bonds is 6. The lowest BCUT2D eigenvalue weighted by atomic mass is 9.83. The van der Waals surface area contributed by atoms with E-state index in [0.717, 1.165) is 18.8 Å². The average Bonchev–Trinajstić information content (AvgIpc) is 2.28. The van der Waals surface area contributed by atoms with Crippen LogP contribution in [-0.2, 0) is 4.79 Å². The molecule has 16 heavy (non-hydrogen) atoms. The summed E-state index contributed by atoms with van der Waals surface area (Å²) in [6, 6.07) is 0.446. The Kier molecular flexibility index (Phi) is 5.77. The standard InChI is InChI=1S/C12H24N2O2/c1-2-3-9-4-6-10(7-5-9)14-8-11(15)12(13)16/h9-11,14-15H,2-8H2,1H3,(H2,13,16). The van der Waals surface area contributed by atoms with E-state index in [1.807, 2.05) is 0 Å². The van der Waals surface area contributed by atoms with Crippen molar-refractivity contribution in [3.8, 4) is 0 Å². The molecule has 0 radical (unpaired) electrons. The van der Waals surface area contributed by atoms with E-state index >= 15 is 0 Å². The van der Waals surface area contributed by atoms with Crippen LogP contribution in [0.1, 0.15) is 45.4 Å². The second-order valence-corrected chi connectivity index (χ2v) is 4.83. The van der Waals surface area contributed by atoms with Crippen molar-refractivity contribution in [2.24, 2.45) is 11.7 Å². The van der Waals surface area contributed by atoms with Crippen molar-refractivity contribution in [3.63, 3.8) is 0 Å². The summed E-state index contributed by atoms with van der Waals surface area (Å²) < 4.78 is 0. The van der Waals surface area contributed by atoms with Gasteiger partial charge in [-0.25, -0.2) is 0 Å². The van der Waals surface area contributed by atoms with Crippen LogP contribution in [0.4, 0.5) is 0 Å². The summed E-state index contributed by atoms with van der Waals surface area (Å²) in [7, 11) is 0. The van der Waals surface area contributed by atoms with Gasteiger partial charge in [-0.3, -0.25) is 4.79 Å². The van der Waals surface area contributed by atoms with Crippen LogP contribution in [0.5, 0.6) is 0 Å². The summed E-state index contributed by atoms with van der Waals surface area (Å²) in [5.41, 5.74) is 4.98. The third kappa shape index (κ3) is 4.49. The molecule has 1 saturated carbocycles. The van der Waals surface area contributed by atoms with E-state index in [4.69, 9.17) is 5.73 Å². The number of hydrogen-bond donors (Lipinski definition) is 3. The Bertz CT molecular complexity index is 213. The van der Waals surface area contributed by atoms with Crippen molar-refractivity contribution in [1.82, 2.24) is 5.32 Å². The number of primary amides is 1. The molecule has 4 heteroatoms. The Morgan fingerprint density at radius 2 is 2.06 bits per heavy atom. The SMILES string of the molecule is CCCC1CCC(NCC(O)C(N)=O)CC1. The van der Waals surface area contributed by atoms with Gasteiger partial charge < -0.3 is 16.2 Å². The molecule has 0 bridgehead atoms. The minimum absolute atomic E-state index is 0.290. The van der Waals surface area contributed by atoms with Gasteiger partial charge >= 0.3 is 0 Å². The van der Waals surface area contributed by atoms with Gasteiger partial charge in [0.05, 0.1) is 0 Å². The first-order valence-electron chi connectivity index (χ1n) is 6.34. The van der Waals surface area contributed by atoms with Crippen LogP contribution in [0.3, 0.4) is 0 Å². The fraction of sp³-hybridized carbons (Fsp3) is 0.917. The zero-order valence-corrected chi connectivity index (χ0v) is 10.1. The van der Waals surface area contributed by atoms with Crippen molar-refractivity contribution in [2.45, 2.75) is 57.6 Å². The van der Waals surface area contributed by atoms with Gasteiger partial charge in [0.1, 0.15) is 6.10 Å². The largest absolute Gasteiger partial charge is 0.382 e. The minimum Gasteiger partial charge on any atom is -0.382 e. The van der Waals surface area contributed by atoms with Gasteiger partial charge in [0, 0.05) is 12.6 Å². The monoisotopic (exact) mass is 228 g/mol. The van der Waals surface area contributed by atoms with Gasteiger partial charge in [0.25, 0.3) is 0 Å². The number of nitrogens with two attached hydrogens (primary N) is 1. The number of carbonyl (C=O) groups is 1. The first-order chi connectivity index (χ1) is 7.63. The second kappa shape index (κ2) is 6.86. The molecule has 1 amide bonds. The van der Waals surface area contributed by atoms with Crippen LogP contribution in [-0.4, -0.2) is 29.7 Å². The van der Waals surface area contributed by atoms with E-state index < -0.39 is 12.0 Å². The minimum atomic E-state index is -1.05. The van der Waals surface area contributed by atoms with Crippen molar-refractivity contribution in [1.29, 1.82) is 0 Å². The molecule has 0 spiro atoms. The van der Waals surface area contributed by atoms with Gasteiger partial charge in [-0.15, -0.1) is 0 Å².